The highest BCUT2D eigenvalue weighted by molar-refractivity contribution is 5.92. The summed E-state index contributed by atoms with van der Waals surface area (Å²) in [6.07, 6.45) is -2.28. The highest BCUT2D eigenvalue weighted by Crippen LogP contribution is 2.29. The zero-order valence-corrected chi connectivity index (χ0v) is 17.8. The van der Waals surface area contributed by atoms with E-state index in [9.17, 15) is 18.0 Å². The quantitative estimate of drug-likeness (QED) is 0.371. The molecule has 2 N–H and O–H groups in total. The van der Waals surface area contributed by atoms with Crippen molar-refractivity contribution in [3.8, 4) is 11.5 Å². The number of anilines is 2. The molecule has 0 saturated carbocycles. The van der Waals surface area contributed by atoms with Crippen LogP contribution in [-0.2, 0) is 11.0 Å². The van der Waals surface area contributed by atoms with E-state index in [4.69, 9.17) is 9.47 Å². The number of carbonyl (C=O) groups is 1. The van der Waals surface area contributed by atoms with E-state index < -0.39 is 11.7 Å². The zero-order valence-electron chi connectivity index (χ0n) is 17.8. The maximum Gasteiger partial charge on any atom is 0.417 e. The number of nitrogens with one attached hydrogen (secondary N) is 2. The van der Waals surface area contributed by atoms with Gasteiger partial charge in [0.05, 0.1) is 18.9 Å². The Morgan fingerprint density at radius 1 is 1.09 bits per heavy atom. The normalized spacial score (nSPS) is 11.3. The fourth-order valence-corrected chi connectivity index (χ4v) is 2.66. The molecular weight excluding hydrogens is 437 g/mol. The molecular formula is C23H21F3N4O3. The third-order valence-corrected chi connectivity index (χ3v) is 4.37. The van der Waals surface area contributed by atoms with Crippen molar-refractivity contribution in [3.63, 3.8) is 0 Å². The van der Waals surface area contributed by atoms with Gasteiger partial charge < -0.3 is 14.8 Å². The lowest BCUT2D eigenvalue weighted by Gasteiger charge is -2.11. The predicted molar refractivity (Wildman–Crippen MR) is 119 cm³/mol. The van der Waals surface area contributed by atoms with Crippen LogP contribution in [0.25, 0.3) is 0 Å². The number of amides is 1. The van der Waals surface area contributed by atoms with Crippen LogP contribution in [0, 0.1) is 6.92 Å². The highest BCUT2D eigenvalue weighted by atomic mass is 19.4. The number of aryl methyl sites for hydroxylation is 1. The van der Waals surface area contributed by atoms with Gasteiger partial charge in [-0.05, 0) is 55.0 Å². The maximum atomic E-state index is 12.6. The Labute approximate surface area is 188 Å². The van der Waals surface area contributed by atoms with E-state index in [1.54, 1.807) is 30.3 Å². The van der Waals surface area contributed by atoms with Gasteiger partial charge in [-0.1, -0.05) is 17.7 Å². The Morgan fingerprint density at radius 3 is 2.48 bits per heavy atom. The summed E-state index contributed by atoms with van der Waals surface area (Å²) in [5, 5.41) is 6.70. The first-order valence-corrected chi connectivity index (χ1v) is 9.74. The highest BCUT2D eigenvalue weighted by Gasteiger charge is 2.30. The smallest absolute Gasteiger partial charge is 0.417 e. The first-order valence-electron chi connectivity index (χ1n) is 9.74. The molecule has 1 heterocycles. The molecule has 3 aromatic rings. The average Bonchev–Trinajstić information content (AvgIpc) is 2.79. The lowest BCUT2D eigenvalue weighted by atomic mass is 10.2. The molecule has 0 radical (unpaired) electrons. The van der Waals surface area contributed by atoms with Crippen LogP contribution in [0.2, 0.25) is 0 Å². The van der Waals surface area contributed by atoms with Crippen molar-refractivity contribution >= 4 is 23.6 Å². The number of ether oxygens (including phenoxy) is 2. The second kappa shape index (κ2) is 10.5. The Morgan fingerprint density at radius 2 is 1.85 bits per heavy atom. The molecule has 10 heteroatoms. The van der Waals surface area contributed by atoms with E-state index in [0.29, 0.717) is 22.7 Å². The van der Waals surface area contributed by atoms with Crippen LogP contribution >= 0.6 is 0 Å². The standard InChI is InChI=1S/C23H21F3N4O3/c1-15-3-7-18(8-4-15)29-22(31)14-33-19-9-5-16(11-20(19)32-2)12-28-30-21-10-6-17(13-27-21)23(24,25)26/h3-13H,14H2,1-2H3,(H,27,30)(H,29,31)/b28-12-. The first-order chi connectivity index (χ1) is 15.7. The Balaban J connectivity index is 1.56. The summed E-state index contributed by atoms with van der Waals surface area (Å²) in [4.78, 5) is 15.8. The Kier molecular flexibility index (Phi) is 7.50. The third kappa shape index (κ3) is 6.96. The molecule has 2 aromatic carbocycles. The molecule has 0 saturated heterocycles. The number of hydrogen-bond donors (Lipinski definition) is 2. The number of hydrazone groups is 1. The lowest BCUT2D eigenvalue weighted by Crippen LogP contribution is -2.20. The molecule has 3 rings (SSSR count). The molecule has 0 unspecified atom stereocenters. The van der Waals surface area contributed by atoms with Gasteiger partial charge >= 0.3 is 6.18 Å². The summed E-state index contributed by atoms with van der Waals surface area (Å²) in [6.45, 7) is 1.75. The molecule has 0 aliphatic rings. The van der Waals surface area contributed by atoms with E-state index in [-0.39, 0.29) is 18.3 Å². The van der Waals surface area contributed by atoms with Crippen LogP contribution in [-0.4, -0.2) is 30.8 Å². The van der Waals surface area contributed by atoms with Crippen molar-refractivity contribution in [3.05, 3.63) is 77.5 Å². The number of hydrogen-bond acceptors (Lipinski definition) is 6. The number of benzene rings is 2. The van der Waals surface area contributed by atoms with Gasteiger partial charge in [0.15, 0.2) is 18.1 Å². The van der Waals surface area contributed by atoms with Gasteiger partial charge in [-0.2, -0.15) is 18.3 Å². The fourth-order valence-electron chi connectivity index (χ4n) is 2.66. The van der Waals surface area contributed by atoms with Crippen molar-refractivity contribution in [1.29, 1.82) is 0 Å². The SMILES string of the molecule is COc1cc(/C=N\Nc2ccc(C(F)(F)F)cn2)ccc1OCC(=O)Nc1ccc(C)cc1. The molecule has 0 spiro atoms. The second-order valence-electron chi connectivity index (χ2n) is 6.91. The minimum Gasteiger partial charge on any atom is -0.493 e. The maximum absolute atomic E-state index is 12.6. The van der Waals surface area contributed by atoms with E-state index in [1.165, 1.54) is 19.4 Å². The van der Waals surface area contributed by atoms with E-state index >= 15 is 0 Å². The fraction of sp³-hybridized carbons (Fsp3) is 0.174. The van der Waals surface area contributed by atoms with Gasteiger partial charge in [0.25, 0.3) is 5.91 Å². The Hall–Kier alpha value is -4.08. The van der Waals surface area contributed by atoms with Crippen LogP contribution in [0.15, 0.2) is 65.9 Å². The molecule has 0 bridgehead atoms. The molecule has 0 aliphatic carbocycles. The molecule has 0 fully saturated rings. The lowest BCUT2D eigenvalue weighted by molar-refractivity contribution is -0.137. The van der Waals surface area contributed by atoms with Crippen molar-refractivity contribution in [2.24, 2.45) is 5.10 Å². The van der Waals surface area contributed by atoms with Gasteiger partial charge in [-0.25, -0.2) is 4.98 Å². The predicted octanol–water partition coefficient (Wildman–Crippen LogP) is 4.88. The minimum absolute atomic E-state index is 0.158. The van der Waals surface area contributed by atoms with Gasteiger partial charge in [0, 0.05) is 11.9 Å². The summed E-state index contributed by atoms with van der Waals surface area (Å²) in [5.41, 5.74) is 4.10. The van der Waals surface area contributed by atoms with Gasteiger partial charge in [0.1, 0.15) is 5.82 Å². The van der Waals surface area contributed by atoms with E-state index in [2.05, 4.69) is 20.8 Å². The molecule has 1 aromatic heterocycles. The van der Waals surface area contributed by atoms with Crippen molar-refractivity contribution in [2.45, 2.75) is 13.1 Å². The largest absolute Gasteiger partial charge is 0.493 e. The number of aromatic nitrogens is 1. The molecule has 0 atom stereocenters. The van der Waals surface area contributed by atoms with Gasteiger partial charge in [0.2, 0.25) is 0 Å². The number of pyridine rings is 1. The number of rotatable bonds is 8. The van der Waals surface area contributed by atoms with Gasteiger partial charge in [-0.3, -0.25) is 10.2 Å². The van der Waals surface area contributed by atoms with Crippen molar-refractivity contribution < 1.29 is 27.4 Å². The number of alkyl halides is 3. The molecule has 33 heavy (non-hydrogen) atoms. The number of nitrogens with zero attached hydrogens (tertiary/aromatic N) is 2. The van der Waals surface area contributed by atoms with Gasteiger partial charge in [-0.15, -0.1) is 0 Å². The Bertz CT molecular complexity index is 1120. The molecule has 172 valence electrons. The number of methoxy groups -OCH3 is 1. The first kappa shape index (κ1) is 23.6. The number of carbonyl (C=O) groups excluding carboxylic acids is 1. The van der Waals surface area contributed by atoms with Crippen LogP contribution in [0.1, 0.15) is 16.7 Å². The summed E-state index contributed by atoms with van der Waals surface area (Å²) in [5.74, 6) is 0.589. The van der Waals surface area contributed by atoms with E-state index in [0.717, 1.165) is 17.8 Å². The summed E-state index contributed by atoms with van der Waals surface area (Å²) in [7, 11) is 1.46. The summed E-state index contributed by atoms with van der Waals surface area (Å²) < 4.78 is 48.6. The summed E-state index contributed by atoms with van der Waals surface area (Å²) >= 11 is 0. The topological polar surface area (TPSA) is 84.8 Å². The molecule has 1 amide bonds. The third-order valence-electron chi connectivity index (χ3n) is 4.37. The van der Waals surface area contributed by atoms with Crippen molar-refractivity contribution in [1.82, 2.24) is 4.98 Å². The van der Waals surface area contributed by atoms with Crippen LogP contribution < -0.4 is 20.2 Å². The zero-order chi connectivity index (χ0) is 23.8. The van der Waals surface area contributed by atoms with Crippen LogP contribution in [0.5, 0.6) is 11.5 Å². The van der Waals surface area contributed by atoms with Crippen molar-refractivity contribution in [2.75, 3.05) is 24.5 Å². The molecule has 0 aliphatic heterocycles. The molecule has 7 nitrogen and oxygen atoms in total. The monoisotopic (exact) mass is 458 g/mol. The van der Waals surface area contributed by atoms with Crippen LogP contribution in [0.3, 0.4) is 0 Å². The average molecular weight is 458 g/mol. The summed E-state index contributed by atoms with van der Waals surface area (Å²) in [6, 6.07) is 14.4. The minimum atomic E-state index is -4.45. The second-order valence-corrected chi connectivity index (χ2v) is 6.91. The number of halogens is 3. The van der Waals surface area contributed by atoms with Crippen LogP contribution in [0.4, 0.5) is 24.7 Å². The van der Waals surface area contributed by atoms with E-state index in [1.807, 2.05) is 19.1 Å².